The van der Waals surface area contributed by atoms with Crippen molar-refractivity contribution in [2.24, 2.45) is 0 Å². The molecule has 0 saturated heterocycles. The number of nitrogens with zero attached hydrogens (tertiary/aromatic N) is 2. The molecule has 80 valence electrons. The maximum absolute atomic E-state index is 5.93. The Hall–Kier alpha value is -1.92. The molecule has 2 aromatic rings. The minimum Gasteiger partial charge on any atom is -0.383 e. The van der Waals surface area contributed by atoms with E-state index >= 15 is 0 Å². The van der Waals surface area contributed by atoms with Gasteiger partial charge in [0.15, 0.2) is 0 Å². The van der Waals surface area contributed by atoms with Crippen molar-refractivity contribution in [1.82, 2.24) is 9.55 Å². The maximum atomic E-state index is 5.93. The van der Waals surface area contributed by atoms with E-state index in [4.69, 9.17) is 23.8 Å². The third kappa shape index (κ3) is 1.88. The molecular weight excluding hydrogens is 222 g/mol. The van der Waals surface area contributed by atoms with Gasteiger partial charge in [-0.25, -0.2) is 4.98 Å². The topological polar surface area (TPSA) is 43.8 Å². The lowest BCUT2D eigenvalue weighted by Gasteiger charge is -2.01. The van der Waals surface area contributed by atoms with Crippen LogP contribution in [0, 0.1) is 12.3 Å². The number of nitrogens with two attached hydrogens (primary N) is 1. The second-order valence-corrected chi connectivity index (χ2v) is 3.75. The minimum atomic E-state index is 0.423. The van der Waals surface area contributed by atoms with Gasteiger partial charge < -0.3 is 10.3 Å². The van der Waals surface area contributed by atoms with Gasteiger partial charge in [-0.15, -0.1) is 6.42 Å². The average Bonchev–Trinajstić information content (AvgIpc) is 2.63. The number of anilines is 1. The zero-order chi connectivity index (χ0) is 11.5. The maximum Gasteiger partial charge on any atom is 0.132 e. The van der Waals surface area contributed by atoms with Gasteiger partial charge in [0.1, 0.15) is 11.5 Å². The van der Waals surface area contributed by atoms with E-state index in [0.29, 0.717) is 17.4 Å². The fourth-order valence-electron chi connectivity index (χ4n) is 1.45. The molecule has 0 aliphatic heterocycles. The Morgan fingerprint density at radius 1 is 1.38 bits per heavy atom. The standard InChI is InChI=1S/C12H10ClN3/c1-2-7-16-8-15-11(12(16)14)9-3-5-10(13)6-4-9/h1,3-6,8H,7,14H2. The molecule has 3 nitrogen and oxygen atoms in total. The van der Waals surface area contributed by atoms with E-state index in [1.165, 1.54) is 0 Å². The number of benzene rings is 1. The van der Waals surface area contributed by atoms with Crippen LogP contribution in [0.2, 0.25) is 5.02 Å². The number of halogens is 1. The van der Waals surface area contributed by atoms with Crippen LogP contribution in [-0.2, 0) is 6.54 Å². The van der Waals surface area contributed by atoms with Crippen LogP contribution in [0.25, 0.3) is 11.3 Å². The molecule has 0 saturated carbocycles. The number of terminal acetylenes is 1. The Bertz CT molecular complexity index is 534. The summed E-state index contributed by atoms with van der Waals surface area (Å²) >= 11 is 5.81. The molecule has 0 radical (unpaired) electrons. The van der Waals surface area contributed by atoms with E-state index in [9.17, 15) is 0 Å². The highest BCUT2D eigenvalue weighted by Gasteiger charge is 2.08. The molecular formula is C12H10ClN3. The van der Waals surface area contributed by atoms with Crippen molar-refractivity contribution in [3.8, 4) is 23.6 Å². The Labute approximate surface area is 98.9 Å². The summed E-state index contributed by atoms with van der Waals surface area (Å²) in [6, 6.07) is 7.36. The van der Waals surface area contributed by atoms with Gasteiger partial charge in [0, 0.05) is 10.6 Å². The van der Waals surface area contributed by atoms with Crippen LogP contribution in [0.1, 0.15) is 0 Å². The lowest BCUT2D eigenvalue weighted by molar-refractivity contribution is 0.852. The predicted octanol–water partition coefficient (Wildman–Crippen LogP) is 2.42. The molecule has 0 aliphatic rings. The highest BCUT2D eigenvalue weighted by atomic mass is 35.5. The van der Waals surface area contributed by atoms with E-state index in [1.807, 2.05) is 12.1 Å². The Morgan fingerprint density at radius 2 is 2.06 bits per heavy atom. The Balaban J connectivity index is 2.42. The first-order chi connectivity index (χ1) is 7.72. The monoisotopic (exact) mass is 231 g/mol. The number of imidazole rings is 1. The van der Waals surface area contributed by atoms with Crippen LogP contribution in [0.15, 0.2) is 30.6 Å². The van der Waals surface area contributed by atoms with Crippen LogP contribution in [-0.4, -0.2) is 9.55 Å². The van der Waals surface area contributed by atoms with Gasteiger partial charge in [0.2, 0.25) is 0 Å². The summed E-state index contributed by atoms with van der Waals surface area (Å²) in [5.74, 6) is 3.09. The smallest absolute Gasteiger partial charge is 0.132 e. The van der Waals surface area contributed by atoms with Crippen molar-refractivity contribution in [3.63, 3.8) is 0 Å². The second kappa shape index (κ2) is 4.30. The molecule has 2 N–H and O–H groups in total. The van der Waals surface area contributed by atoms with E-state index in [-0.39, 0.29) is 0 Å². The summed E-state index contributed by atoms with van der Waals surface area (Å²) in [4.78, 5) is 4.23. The van der Waals surface area contributed by atoms with E-state index in [1.54, 1.807) is 23.0 Å². The molecule has 0 bridgehead atoms. The van der Waals surface area contributed by atoms with Crippen molar-refractivity contribution in [3.05, 3.63) is 35.6 Å². The normalized spacial score (nSPS) is 10.0. The number of hydrogen-bond acceptors (Lipinski definition) is 2. The first kappa shape index (κ1) is 10.6. The molecule has 0 atom stereocenters. The van der Waals surface area contributed by atoms with Gasteiger partial charge in [-0.1, -0.05) is 29.7 Å². The van der Waals surface area contributed by atoms with Gasteiger partial charge in [-0.05, 0) is 12.1 Å². The molecule has 1 aromatic carbocycles. The quantitative estimate of drug-likeness (QED) is 0.807. The van der Waals surface area contributed by atoms with E-state index in [2.05, 4.69) is 10.9 Å². The van der Waals surface area contributed by atoms with E-state index in [0.717, 1.165) is 11.3 Å². The summed E-state index contributed by atoms with van der Waals surface area (Å²) in [5, 5.41) is 0.686. The molecule has 1 heterocycles. The van der Waals surface area contributed by atoms with Gasteiger partial charge in [-0.3, -0.25) is 0 Å². The van der Waals surface area contributed by atoms with Crippen molar-refractivity contribution in [2.45, 2.75) is 6.54 Å². The van der Waals surface area contributed by atoms with Crippen LogP contribution < -0.4 is 5.73 Å². The molecule has 0 aliphatic carbocycles. The number of rotatable bonds is 2. The lowest BCUT2D eigenvalue weighted by Crippen LogP contribution is -2.00. The molecule has 0 amide bonds. The zero-order valence-corrected chi connectivity index (χ0v) is 9.28. The fourth-order valence-corrected chi connectivity index (χ4v) is 1.57. The van der Waals surface area contributed by atoms with Crippen LogP contribution in [0.4, 0.5) is 5.82 Å². The van der Waals surface area contributed by atoms with Crippen molar-refractivity contribution in [1.29, 1.82) is 0 Å². The predicted molar refractivity (Wildman–Crippen MR) is 65.9 cm³/mol. The number of nitrogen functional groups attached to an aromatic ring is 1. The zero-order valence-electron chi connectivity index (χ0n) is 8.52. The minimum absolute atomic E-state index is 0.423. The van der Waals surface area contributed by atoms with Gasteiger partial charge in [-0.2, -0.15) is 0 Å². The first-order valence-electron chi connectivity index (χ1n) is 4.72. The summed E-state index contributed by atoms with van der Waals surface area (Å²) in [6.45, 7) is 0.423. The van der Waals surface area contributed by atoms with Crippen molar-refractivity contribution < 1.29 is 0 Å². The third-order valence-electron chi connectivity index (χ3n) is 2.26. The molecule has 0 spiro atoms. The van der Waals surface area contributed by atoms with Crippen molar-refractivity contribution in [2.75, 3.05) is 5.73 Å². The third-order valence-corrected chi connectivity index (χ3v) is 2.51. The largest absolute Gasteiger partial charge is 0.383 e. The van der Waals surface area contributed by atoms with Crippen LogP contribution in [0.3, 0.4) is 0 Å². The number of hydrogen-bond donors (Lipinski definition) is 1. The molecule has 2 rings (SSSR count). The second-order valence-electron chi connectivity index (χ2n) is 3.32. The average molecular weight is 232 g/mol. The Kier molecular flexibility index (Phi) is 2.84. The fraction of sp³-hybridized carbons (Fsp3) is 0.0833. The lowest BCUT2D eigenvalue weighted by atomic mass is 10.1. The molecule has 1 aromatic heterocycles. The molecule has 0 fully saturated rings. The Morgan fingerprint density at radius 3 is 2.69 bits per heavy atom. The highest BCUT2D eigenvalue weighted by molar-refractivity contribution is 6.30. The highest BCUT2D eigenvalue weighted by Crippen LogP contribution is 2.25. The first-order valence-corrected chi connectivity index (χ1v) is 5.10. The van der Waals surface area contributed by atoms with Crippen molar-refractivity contribution >= 4 is 17.4 Å². The number of aromatic nitrogens is 2. The summed E-state index contributed by atoms with van der Waals surface area (Å²) < 4.78 is 1.73. The van der Waals surface area contributed by atoms with Crippen LogP contribution >= 0.6 is 11.6 Å². The van der Waals surface area contributed by atoms with Crippen LogP contribution in [0.5, 0.6) is 0 Å². The van der Waals surface area contributed by atoms with E-state index < -0.39 is 0 Å². The van der Waals surface area contributed by atoms with Gasteiger partial charge in [0.05, 0.1) is 12.9 Å². The molecule has 4 heteroatoms. The molecule has 16 heavy (non-hydrogen) atoms. The van der Waals surface area contributed by atoms with Gasteiger partial charge >= 0.3 is 0 Å². The van der Waals surface area contributed by atoms with Gasteiger partial charge in [0.25, 0.3) is 0 Å². The summed E-state index contributed by atoms with van der Waals surface area (Å²) in [5.41, 5.74) is 7.59. The summed E-state index contributed by atoms with van der Waals surface area (Å²) in [6.07, 6.45) is 6.86. The molecule has 0 unspecified atom stereocenters. The SMILES string of the molecule is C#CCn1cnc(-c2ccc(Cl)cc2)c1N. The summed E-state index contributed by atoms with van der Waals surface area (Å²) in [7, 11) is 0.